The van der Waals surface area contributed by atoms with Crippen molar-refractivity contribution in [3.63, 3.8) is 0 Å². The summed E-state index contributed by atoms with van der Waals surface area (Å²) in [6, 6.07) is 12.8. The van der Waals surface area contributed by atoms with Gasteiger partial charge in [0.15, 0.2) is 6.29 Å². The van der Waals surface area contributed by atoms with Crippen LogP contribution in [0.25, 0.3) is 0 Å². The molecular weight excluding hydrogens is 234 g/mol. The summed E-state index contributed by atoms with van der Waals surface area (Å²) in [6.45, 7) is 0. The average Bonchev–Trinajstić information content (AvgIpc) is 2.40. The third-order valence-electron chi connectivity index (χ3n) is 2.15. The Labute approximate surface area is 104 Å². The number of aromatic nitrogens is 1. The van der Waals surface area contributed by atoms with Crippen LogP contribution < -0.4 is 4.74 Å². The van der Waals surface area contributed by atoms with Gasteiger partial charge in [0.2, 0.25) is 5.88 Å². The first kappa shape index (κ1) is 11.7. The van der Waals surface area contributed by atoms with Gasteiger partial charge in [0.25, 0.3) is 0 Å². The predicted molar refractivity (Wildman–Crippen MR) is 67.9 cm³/mol. The molecule has 0 fully saturated rings. The molecule has 0 saturated carbocycles. The van der Waals surface area contributed by atoms with Crippen molar-refractivity contribution < 1.29 is 9.53 Å². The highest BCUT2D eigenvalue weighted by Crippen LogP contribution is 2.22. The Morgan fingerprint density at radius 3 is 2.59 bits per heavy atom. The second-order valence-corrected chi connectivity index (χ2v) is 4.18. The van der Waals surface area contributed by atoms with Gasteiger partial charge in [-0.05, 0) is 36.6 Å². The predicted octanol–water partition coefficient (Wildman–Crippen LogP) is 3.41. The standard InChI is InChI=1S/C13H11NO2S/c1-17-12-7-5-11(6-8-12)16-13-4-2-3-10(9-15)14-13/h2-9H,1H3. The van der Waals surface area contributed by atoms with Crippen LogP contribution in [0.2, 0.25) is 0 Å². The molecule has 86 valence electrons. The average molecular weight is 245 g/mol. The molecule has 2 aromatic rings. The molecule has 17 heavy (non-hydrogen) atoms. The molecule has 0 amide bonds. The third-order valence-corrected chi connectivity index (χ3v) is 2.89. The third kappa shape index (κ3) is 3.07. The van der Waals surface area contributed by atoms with E-state index in [0.717, 1.165) is 0 Å². The molecule has 0 saturated heterocycles. The number of nitrogens with zero attached hydrogens (tertiary/aromatic N) is 1. The SMILES string of the molecule is CSc1ccc(Oc2cccc(C=O)n2)cc1. The van der Waals surface area contributed by atoms with Crippen molar-refractivity contribution in [2.75, 3.05) is 6.26 Å². The van der Waals surface area contributed by atoms with Gasteiger partial charge in [0.1, 0.15) is 11.4 Å². The van der Waals surface area contributed by atoms with E-state index in [1.54, 1.807) is 30.0 Å². The van der Waals surface area contributed by atoms with Crippen molar-refractivity contribution in [3.05, 3.63) is 48.2 Å². The number of benzene rings is 1. The number of rotatable bonds is 4. The zero-order valence-electron chi connectivity index (χ0n) is 9.29. The summed E-state index contributed by atoms with van der Waals surface area (Å²) in [5.74, 6) is 1.13. The molecule has 0 atom stereocenters. The van der Waals surface area contributed by atoms with Crippen LogP contribution in [0.4, 0.5) is 0 Å². The molecule has 4 heteroatoms. The van der Waals surface area contributed by atoms with Gasteiger partial charge in [-0.15, -0.1) is 11.8 Å². The summed E-state index contributed by atoms with van der Waals surface area (Å²) in [5.41, 5.74) is 0.364. The largest absolute Gasteiger partial charge is 0.439 e. The molecule has 0 unspecified atom stereocenters. The molecule has 0 spiro atoms. The molecule has 1 aromatic heterocycles. The first-order valence-electron chi connectivity index (χ1n) is 5.06. The fourth-order valence-electron chi connectivity index (χ4n) is 1.32. The van der Waals surface area contributed by atoms with E-state index >= 15 is 0 Å². The number of carbonyl (C=O) groups excluding carboxylic acids is 1. The van der Waals surface area contributed by atoms with Gasteiger partial charge >= 0.3 is 0 Å². The van der Waals surface area contributed by atoms with Crippen LogP contribution in [0, 0.1) is 0 Å². The summed E-state index contributed by atoms with van der Waals surface area (Å²) >= 11 is 1.67. The first-order valence-corrected chi connectivity index (χ1v) is 6.28. The highest BCUT2D eigenvalue weighted by Gasteiger charge is 2.00. The lowest BCUT2D eigenvalue weighted by Crippen LogP contribution is -1.91. The van der Waals surface area contributed by atoms with Crippen LogP contribution in [-0.2, 0) is 0 Å². The Morgan fingerprint density at radius 1 is 1.18 bits per heavy atom. The highest BCUT2D eigenvalue weighted by molar-refractivity contribution is 7.98. The monoisotopic (exact) mass is 245 g/mol. The van der Waals surface area contributed by atoms with E-state index in [1.165, 1.54) is 4.90 Å². The Hall–Kier alpha value is -1.81. The Balaban J connectivity index is 2.16. The number of carbonyl (C=O) groups is 1. The van der Waals surface area contributed by atoms with Gasteiger partial charge in [0, 0.05) is 11.0 Å². The molecule has 0 aliphatic carbocycles. The number of aldehydes is 1. The van der Waals surface area contributed by atoms with E-state index in [2.05, 4.69) is 4.98 Å². The topological polar surface area (TPSA) is 39.2 Å². The fraction of sp³-hybridized carbons (Fsp3) is 0.0769. The normalized spacial score (nSPS) is 9.94. The summed E-state index contributed by atoms with van der Waals surface area (Å²) in [5, 5.41) is 0. The van der Waals surface area contributed by atoms with Crippen LogP contribution >= 0.6 is 11.8 Å². The van der Waals surface area contributed by atoms with Crippen LogP contribution in [0.15, 0.2) is 47.4 Å². The second-order valence-electron chi connectivity index (χ2n) is 3.30. The zero-order valence-corrected chi connectivity index (χ0v) is 10.1. The lowest BCUT2D eigenvalue weighted by atomic mass is 10.3. The van der Waals surface area contributed by atoms with E-state index in [0.29, 0.717) is 23.6 Å². The minimum atomic E-state index is 0.364. The number of thioether (sulfide) groups is 1. The van der Waals surface area contributed by atoms with Gasteiger partial charge < -0.3 is 4.74 Å². The maximum absolute atomic E-state index is 10.6. The van der Waals surface area contributed by atoms with Crippen molar-refractivity contribution >= 4 is 18.0 Å². The molecular formula is C13H11NO2S. The molecule has 0 aliphatic rings. The molecule has 1 heterocycles. The molecule has 2 rings (SSSR count). The Kier molecular flexibility index (Phi) is 3.77. The number of hydrogen-bond acceptors (Lipinski definition) is 4. The molecule has 3 nitrogen and oxygen atoms in total. The summed E-state index contributed by atoms with van der Waals surface area (Å²) in [7, 11) is 0. The van der Waals surface area contributed by atoms with Crippen LogP contribution in [0.3, 0.4) is 0 Å². The first-order chi connectivity index (χ1) is 8.31. The van der Waals surface area contributed by atoms with E-state index in [1.807, 2.05) is 30.5 Å². The van der Waals surface area contributed by atoms with Crippen molar-refractivity contribution in [1.82, 2.24) is 4.98 Å². The maximum Gasteiger partial charge on any atom is 0.219 e. The maximum atomic E-state index is 10.6. The van der Waals surface area contributed by atoms with Crippen molar-refractivity contribution in [2.24, 2.45) is 0 Å². The van der Waals surface area contributed by atoms with Gasteiger partial charge in [-0.3, -0.25) is 4.79 Å². The molecule has 0 radical (unpaired) electrons. The smallest absolute Gasteiger partial charge is 0.219 e. The van der Waals surface area contributed by atoms with Crippen LogP contribution in [0.5, 0.6) is 11.6 Å². The summed E-state index contributed by atoms with van der Waals surface area (Å²) in [6.07, 6.45) is 2.72. The quantitative estimate of drug-likeness (QED) is 0.611. The summed E-state index contributed by atoms with van der Waals surface area (Å²) < 4.78 is 5.54. The van der Waals surface area contributed by atoms with E-state index < -0.39 is 0 Å². The van der Waals surface area contributed by atoms with Gasteiger partial charge in [-0.1, -0.05) is 6.07 Å². The van der Waals surface area contributed by atoms with Gasteiger partial charge in [0.05, 0.1) is 0 Å². The van der Waals surface area contributed by atoms with E-state index in [9.17, 15) is 4.79 Å². The number of pyridine rings is 1. The molecule has 0 bridgehead atoms. The Morgan fingerprint density at radius 2 is 1.94 bits per heavy atom. The minimum absolute atomic E-state index is 0.364. The number of ether oxygens (including phenoxy) is 1. The van der Waals surface area contributed by atoms with Crippen LogP contribution in [-0.4, -0.2) is 17.5 Å². The summed E-state index contributed by atoms with van der Waals surface area (Å²) in [4.78, 5) is 15.8. The molecule has 0 N–H and O–H groups in total. The van der Waals surface area contributed by atoms with Crippen molar-refractivity contribution in [3.8, 4) is 11.6 Å². The minimum Gasteiger partial charge on any atom is -0.439 e. The van der Waals surface area contributed by atoms with Gasteiger partial charge in [-0.25, -0.2) is 4.98 Å². The molecule has 0 aliphatic heterocycles. The van der Waals surface area contributed by atoms with Gasteiger partial charge in [-0.2, -0.15) is 0 Å². The lowest BCUT2D eigenvalue weighted by Gasteiger charge is -2.05. The number of hydrogen-bond donors (Lipinski definition) is 0. The second kappa shape index (κ2) is 5.50. The highest BCUT2D eigenvalue weighted by atomic mass is 32.2. The Bertz CT molecular complexity index is 511. The van der Waals surface area contributed by atoms with E-state index in [-0.39, 0.29) is 0 Å². The van der Waals surface area contributed by atoms with Crippen molar-refractivity contribution in [2.45, 2.75) is 4.90 Å². The van der Waals surface area contributed by atoms with E-state index in [4.69, 9.17) is 4.74 Å². The van der Waals surface area contributed by atoms with Crippen molar-refractivity contribution in [1.29, 1.82) is 0 Å². The zero-order chi connectivity index (χ0) is 12.1. The van der Waals surface area contributed by atoms with Crippen LogP contribution in [0.1, 0.15) is 10.5 Å². The molecule has 1 aromatic carbocycles. The lowest BCUT2D eigenvalue weighted by molar-refractivity contribution is 0.111. The fourth-order valence-corrected chi connectivity index (χ4v) is 1.73.